The van der Waals surface area contributed by atoms with E-state index < -0.39 is 0 Å². The second kappa shape index (κ2) is 5.68. The third-order valence-corrected chi connectivity index (χ3v) is 2.99. The number of rotatable bonds is 2. The van der Waals surface area contributed by atoms with Gasteiger partial charge in [-0.15, -0.1) is 0 Å². The van der Waals surface area contributed by atoms with Crippen LogP contribution in [-0.4, -0.2) is 37.2 Å². The summed E-state index contributed by atoms with van der Waals surface area (Å²) in [6.45, 7) is 5.27. The summed E-state index contributed by atoms with van der Waals surface area (Å²) in [6.07, 6.45) is 0. The third-order valence-electron chi connectivity index (χ3n) is 2.99. The summed E-state index contributed by atoms with van der Waals surface area (Å²) < 4.78 is 5.21. The van der Waals surface area contributed by atoms with E-state index in [4.69, 9.17) is 4.74 Å². The van der Waals surface area contributed by atoms with Gasteiger partial charge in [0.05, 0.1) is 13.2 Å². The van der Waals surface area contributed by atoms with Crippen molar-refractivity contribution in [3.63, 3.8) is 0 Å². The Morgan fingerprint density at radius 3 is 2.76 bits per heavy atom. The number of nitrogens with zero attached hydrogens (tertiary/aromatic N) is 1. The molecule has 1 aliphatic heterocycles. The van der Waals surface area contributed by atoms with Crippen molar-refractivity contribution < 1.29 is 9.53 Å². The minimum Gasteiger partial charge on any atom is -0.378 e. The molecule has 1 N–H and O–H groups in total. The number of aryl methyl sites for hydroxylation is 1. The van der Waals surface area contributed by atoms with E-state index in [9.17, 15) is 4.79 Å². The molecule has 0 aliphatic carbocycles. The first-order chi connectivity index (χ1) is 8.27. The number of ether oxygens (including phenoxy) is 1. The molecule has 4 nitrogen and oxygen atoms in total. The lowest BCUT2D eigenvalue weighted by atomic mass is 10.1. The molecule has 0 aromatic heterocycles. The maximum Gasteiger partial charge on any atom is 0.317 e. The lowest BCUT2D eigenvalue weighted by Gasteiger charge is -2.27. The monoisotopic (exact) mass is 234 g/mol. The molecule has 92 valence electrons. The van der Waals surface area contributed by atoms with E-state index in [0.717, 1.165) is 5.56 Å². The maximum atomic E-state index is 11.8. The molecule has 0 spiro atoms. The Labute approximate surface area is 102 Å². The zero-order valence-corrected chi connectivity index (χ0v) is 10.1. The van der Waals surface area contributed by atoms with Gasteiger partial charge in [0.2, 0.25) is 0 Å². The molecular formula is C13H18N2O2. The molecule has 1 fully saturated rings. The van der Waals surface area contributed by atoms with Crippen molar-refractivity contribution in [2.24, 2.45) is 0 Å². The third kappa shape index (κ3) is 3.20. The molecule has 1 aliphatic rings. The van der Waals surface area contributed by atoms with E-state index in [-0.39, 0.29) is 6.03 Å². The Balaban J connectivity index is 1.85. The molecule has 1 saturated heterocycles. The van der Waals surface area contributed by atoms with E-state index in [1.54, 1.807) is 4.90 Å². The highest BCUT2D eigenvalue weighted by Gasteiger charge is 2.16. The van der Waals surface area contributed by atoms with Gasteiger partial charge in [-0.25, -0.2) is 4.79 Å². The normalized spacial score (nSPS) is 15.7. The average Bonchev–Trinajstić information content (AvgIpc) is 2.38. The lowest BCUT2D eigenvalue weighted by Crippen LogP contribution is -2.45. The van der Waals surface area contributed by atoms with E-state index in [2.05, 4.69) is 18.3 Å². The van der Waals surface area contributed by atoms with Gasteiger partial charge in [-0.3, -0.25) is 0 Å². The van der Waals surface area contributed by atoms with Gasteiger partial charge in [0.15, 0.2) is 0 Å². The van der Waals surface area contributed by atoms with Crippen molar-refractivity contribution in [3.8, 4) is 0 Å². The van der Waals surface area contributed by atoms with Crippen molar-refractivity contribution >= 4 is 6.03 Å². The standard InChI is InChI=1S/C13H18N2O2/c1-11-4-2-3-5-12(11)10-14-13(16)15-6-8-17-9-7-15/h2-5H,6-10H2,1H3,(H,14,16). The van der Waals surface area contributed by atoms with Crippen molar-refractivity contribution in [1.29, 1.82) is 0 Å². The van der Waals surface area contributed by atoms with Crippen LogP contribution in [0.15, 0.2) is 24.3 Å². The van der Waals surface area contributed by atoms with Crippen molar-refractivity contribution in [2.75, 3.05) is 26.3 Å². The van der Waals surface area contributed by atoms with Crippen LogP contribution in [0.2, 0.25) is 0 Å². The number of carbonyl (C=O) groups excluding carboxylic acids is 1. The Bertz CT molecular complexity index is 387. The Hall–Kier alpha value is -1.55. The van der Waals surface area contributed by atoms with Crippen LogP contribution in [0.3, 0.4) is 0 Å². The number of morpholine rings is 1. The van der Waals surface area contributed by atoms with Gasteiger partial charge in [0.25, 0.3) is 0 Å². The highest BCUT2D eigenvalue weighted by molar-refractivity contribution is 5.74. The Morgan fingerprint density at radius 1 is 1.35 bits per heavy atom. The molecule has 0 unspecified atom stereocenters. The first kappa shape index (κ1) is 11.9. The van der Waals surface area contributed by atoms with E-state index in [0.29, 0.717) is 32.8 Å². The second-order valence-electron chi connectivity index (χ2n) is 4.18. The highest BCUT2D eigenvalue weighted by Crippen LogP contribution is 2.06. The summed E-state index contributed by atoms with van der Waals surface area (Å²) in [5, 5.41) is 2.94. The fraction of sp³-hybridized carbons (Fsp3) is 0.462. The van der Waals surface area contributed by atoms with Crippen LogP contribution in [0.1, 0.15) is 11.1 Å². The van der Waals surface area contributed by atoms with E-state index in [1.807, 2.05) is 18.2 Å². The number of hydrogen-bond donors (Lipinski definition) is 1. The number of urea groups is 1. The molecule has 0 bridgehead atoms. The molecule has 2 amide bonds. The molecule has 0 saturated carbocycles. The minimum absolute atomic E-state index is 0.00319. The molecule has 1 aromatic carbocycles. The summed E-state index contributed by atoms with van der Waals surface area (Å²) in [4.78, 5) is 13.6. The van der Waals surface area contributed by atoms with Gasteiger partial charge >= 0.3 is 6.03 Å². The number of amides is 2. The number of hydrogen-bond acceptors (Lipinski definition) is 2. The van der Waals surface area contributed by atoms with Gasteiger partial charge in [-0.2, -0.15) is 0 Å². The zero-order valence-electron chi connectivity index (χ0n) is 10.1. The SMILES string of the molecule is Cc1ccccc1CNC(=O)N1CCOCC1. The smallest absolute Gasteiger partial charge is 0.317 e. The number of carbonyl (C=O) groups is 1. The van der Waals surface area contributed by atoms with Gasteiger partial charge in [0, 0.05) is 19.6 Å². The van der Waals surface area contributed by atoms with E-state index in [1.165, 1.54) is 5.56 Å². The zero-order chi connectivity index (χ0) is 12.1. The molecular weight excluding hydrogens is 216 g/mol. The fourth-order valence-electron chi connectivity index (χ4n) is 1.86. The van der Waals surface area contributed by atoms with Crippen LogP contribution in [0, 0.1) is 6.92 Å². The molecule has 2 rings (SSSR count). The van der Waals surface area contributed by atoms with Crippen LogP contribution in [0.25, 0.3) is 0 Å². The Morgan fingerprint density at radius 2 is 2.06 bits per heavy atom. The van der Waals surface area contributed by atoms with E-state index >= 15 is 0 Å². The van der Waals surface area contributed by atoms with Crippen LogP contribution >= 0.6 is 0 Å². The summed E-state index contributed by atoms with van der Waals surface area (Å²) in [7, 11) is 0. The summed E-state index contributed by atoms with van der Waals surface area (Å²) in [5.74, 6) is 0. The molecule has 4 heteroatoms. The van der Waals surface area contributed by atoms with Crippen molar-refractivity contribution in [1.82, 2.24) is 10.2 Å². The molecule has 1 heterocycles. The minimum atomic E-state index is -0.00319. The molecule has 0 radical (unpaired) electrons. The second-order valence-corrected chi connectivity index (χ2v) is 4.18. The largest absolute Gasteiger partial charge is 0.378 e. The average molecular weight is 234 g/mol. The summed E-state index contributed by atoms with van der Waals surface area (Å²) in [5.41, 5.74) is 2.36. The van der Waals surface area contributed by atoms with Gasteiger partial charge in [0.1, 0.15) is 0 Å². The summed E-state index contributed by atoms with van der Waals surface area (Å²) >= 11 is 0. The molecule has 17 heavy (non-hydrogen) atoms. The molecule has 1 aromatic rings. The summed E-state index contributed by atoms with van der Waals surface area (Å²) in [6, 6.07) is 8.08. The maximum absolute atomic E-state index is 11.8. The van der Waals surface area contributed by atoms with Crippen molar-refractivity contribution in [2.45, 2.75) is 13.5 Å². The first-order valence-electron chi connectivity index (χ1n) is 5.92. The predicted molar refractivity (Wildman–Crippen MR) is 65.8 cm³/mol. The fourth-order valence-corrected chi connectivity index (χ4v) is 1.86. The number of nitrogens with one attached hydrogen (secondary N) is 1. The van der Waals surface area contributed by atoms with Crippen LogP contribution in [-0.2, 0) is 11.3 Å². The topological polar surface area (TPSA) is 41.6 Å². The van der Waals surface area contributed by atoms with Gasteiger partial charge in [-0.05, 0) is 18.1 Å². The van der Waals surface area contributed by atoms with Crippen LogP contribution in [0.4, 0.5) is 4.79 Å². The molecule has 0 atom stereocenters. The predicted octanol–water partition coefficient (Wildman–Crippen LogP) is 1.54. The Kier molecular flexibility index (Phi) is 3.98. The highest BCUT2D eigenvalue weighted by atomic mass is 16.5. The number of benzene rings is 1. The van der Waals surface area contributed by atoms with Crippen LogP contribution in [0.5, 0.6) is 0 Å². The first-order valence-corrected chi connectivity index (χ1v) is 5.92. The van der Waals surface area contributed by atoms with Gasteiger partial charge in [-0.1, -0.05) is 24.3 Å². The van der Waals surface area contributed by atoms with Crippen molar-refractivity contribution in [3.05, 3.63) is 35.4 Å². The van der Waals surface area contributed by atoms with Gasteiger partial charge < -0.3 is 15.0 Å². The van der Waals surface area contributed by atoms with Crippen LogP contribution < -0.4 is 5.32 Å². The quantitative estimate of drug-likeness (QED) is 0.843. The lowest BCUT2D eigenvalue weighted by molar-refractivity contribution is 0.0531.